The molecule has 3 rings (SSSR count). The lowest BCUT2D eigenvalue weighted by Gasteiger charge is -2.34. The summed E-state index contributed by atoms with van der Waals surface area (Å²) in [4.78, 5) is 18.4. The van der Waals surface area contributed by atoms with Gasteiger partial charge in [-0.3, -0.25) is 4.98 Å². The summed E-state index contributed by atoms with van der Waals surface area (Å²) in [7, 11) is 0. The van der Waals surface area contributed by atoms with E-state index < -0.39 is 0 Å². The molecule has 0 bridgehead atoms. The van der Waals surface area contributed by atoms with Crippen LogP contribution >= 0.6 is 0 Å². The number of hydrogen-bond acceptors (Lipinski definition) is 3. The molecule has 1 atom stereocenters. The molecule has 0 saturated carbocycles. The molecule has 0 spiro atoms. The van der Waals surface area contributed by atoms with Gasteiger partial charge in [0.05, 0.1) is 11.9 Å². The summed E-state index contributed by atoms with van der Waals surface area (Å²) in [6.45, 7) is 2.52. The Kier molecular flexibility index (Phi) is 4.16. The maximum Gasteiger partial charge on any atom is 0.322 e. The third kappa shape index (κ3) is 2.93. The molecule has 108 valence electrons. The summed E-state index contributed by atoms with van der Waals surface area (Å²) < 4.78 is 5.42. The Hall–Kier alpha value is -1.62. The van der Waals surface area contributed by atoms with Crippen LogP contribution in [0.4, 0.5) is 10.5 Å². The summed E-state index contributed by atoms with van der Waals surface area (Å²) >= 11 is 0. The third-order valence-electron chi connectivity index (χ3n) is 4.28. The minimum absolute atomic E-state index is 0.00647. The molecule has 1 aromatic rings. The molecule has 0 aliphatic carbocycles. The highest BCUT2D eigenvalue weighted by Gasteiger charge is 2.35. The smallest absolute Gasteiger partial charge is 0.322 e. The van der Waals surface area contributed by atoms with Crippen molar-refractivity contribution in [1.29, 1.82) is 0 Å². The molecule has 0 aromatic carbocycles. The summed E-state index contributed by atoms with van der Waals surface area (Å²) in [5, 5.41) is 2.95. The summed E-state index contributed by atoms with van der Waals surface area (Å²) in [6, 6.07) is 4.07. The van der Waals surface area contributed by atoms with Crippen molar-refractivity contribution in [2.75, 3.05) is 25.1 Å². The zero-order chi connectivity index (χ0) is 13.8. The number of urea groups is 1. The highest BCUT2D eigenvalue weighted by atomic mass is 16.5. The number of nitrogens with one attached hydrogen (secondary N) is 1. The van der Waals surface area contributed by atoms with E-state index in [2.05, 4.69) is 10.3 Å². The Morgan fingerprint density at radius 2 is 2.20 bits per heavy atom. The van der Waals surface area contributed by atoms with E-state index in [-0.39, 0.29) is 6.03 Å². The van der Waals surface area contributed by atoms with E-state index in [1.54, 1.807) is 12.4 Å². The van der Waals surface area contributed by atoms with Crippen LogP contribution in [0.2, 0.25) is 0 Å². The lowest BCUT2D eigenvalue weighted by molar-refractivity contribution is 0.0429. The van der Waals surface area contributed by atoms with E-state index in [0.717, 1.165) is 51.1 Å². The molecule has 20 heavy (non-hydrogen) atoms. The fraction of sp³-hybridized carbons (Fsp3) is 0.600. The average molecular weight is 275 g/mol. The van der Waals surface area contributed by atoms with Crippen LogP contribution in [0, 0.1) is 5.92 Å². The molecule has 2 aliphatic rings. The monoisotopic (exact) mass is 275 g/mol. The van der Waals surface area contributed by atoms with Crippen LogP contribution in [0.3, 0.4) is 0 Å². The second-order valence-electron chi connectivity index (χ2n) is 5.52. The molecule has 2 amide bonds. The van der Waals surface area contributed by atoms with Gasteiger partial charge in [0, 0.05) is 32.0 Å². The molecular formula is C15H21N3O2. The Bertz CT molecular complexity index is 446. The van der Waals surface area contributed by atoms with Crippen molar-refractivity contribution >= 4 is 11.7 Å². The van der Waals surface area contributed by atoms with Gasteiger partial charge < -0.3 is 15.0 Å². The number of carbonyl (C=O) groups excluding carboxylic acids is 1. The largest absolute Gasteiger partial charge is 0.381 e. The second kappa shape index (κ2) is 6.22. The standard InChI is InChI=1S/C15H21N3O2/c19-15(17-13-3-1-7-16-11-13)18-8-2-4-14(18)12-5-9-20-10-6-12/h1,3,7,11-12,14H,2,4-6,8-10H2,(H,17,19). The number of nitrogens with zero attached hydrogens (tertiary/aromatic N) is 2. The van der Waals surface area contributed by atoms with Crippen LogP contribution in [0.25, 0.3) is 0 Å². The number of aromatic nitrogens is 1. The summed E-state index contributed by atoms with van der Waals surface area (Å²) in [5.41, 5.74) is 0.759. The fourth-order valence-electron chi connectivity index (χ4n) is 3.27. The van der Waals surface area contributed by atoms with Crippen LogP contribution in [0.15, 0.2) is 24.5 Å². The van der Waals surface area contributed by atoms with Crippen molar-refractivity contribution < 1.29 is 9.53 Å². The van der Waals surface area contributed by atoms with Crippen molar-refractivity contribution in [2.24, 2.45) is 5.92 Å². The Balaban J connectivity index is 1.64. The van der Waals surface area contributed by atoms with Crippen molar-refractivity contribution in [3.05, 3.63) is 24.5 Å². The SMILES string of the molecule is O=C(Nc1cccnc1)N1CCCC1C1CCOCC1. The zero-order valence-electron chi connectivity index (χ0n) is 11.6. The van der Waals surface area contributed by atoms with Gasteiger partial charge in [0.25, 0.3) is 0 Å². The average Bonchev–Trinajstić information content (AvgIpc) is 2.99. The first-order chi connectivity index (χ1) is 9.84. The van der Waals surface area contributed by atoms with Crippen molar-refractivity contribution in [3.63, 3.8) is 0 Å². The highest BCUT2D eigenvalue weighted by Crippen LogP contribution is 2.30. The first-order valence-electron chi connectivity index (χ1n) is 7.40. The van der Waals surface area contributed by atoms with E-state index in [0.29, 0.717) is 12.0 Å². The zero-order valence-corrected chi connectivity index (χ0v) is 11.6. The Labute approximate surface area is 119 Å². The second-order valence-corrected chi connectivity index (χ2v) is 5.52. The van der Waals surface area contributed by atoms with Crippen molar-refractivity contribution in [1.82, 2.24) is 9.88 Å². The van der Waals surface area contributed by atoms with E-state index in [1.807, 2.05) is 17.0 Å². The maximum atomic E-state index is 12.4. The van der Waals surface area contributed by atoms with Gasteiger partial charge in [-0.15, -0.1) is 0 Å². The van der Waals surface area contributed by atoms with E-state index >= 15 is 0 Å². The van der Waals surface area contributed by atoms with Gasteiger partial charge in [-0.05, 0) is 43.7 Å². The first kappa shape index (κ1) is 13.4. The summed E-state index contributed by atoms with van der Waals surface area (Å²) in [5.74, 6) is 0.589. The molecule has 2 saturated heterocycles. The van der Waals surface area contributed by atoms with E-state index in [4.69, 9.17) is 4.74 Å². The Morgan fingerprint density at radius 3 is 2.95 bits per heavy atom. The van der Waals surface area contributed by atoms with Crippen LogP contribution in [0.1, 0.15) is 25.7 Å². The molecule has 1 N–H and O–H groups in total. The van der Waals surface area contributed by atoms with Gasteiger partial charge in [0.2, 0.25) is 0 Å². The van der Waals surface area contributed by atoms with Crippen molar-refractivity contribution in [2.45, 2.75) is 31.7 Å². The Morgan fingerprint density at radius 1 is 1.35 bits per heavy atom. The molecular weight excluding hydrogens is 254 g/mol. The van der Waals surface area contributed by atoms with Crippen LogP contribution < -0.4 is 5.32 Å². The van der Waals surface area contributed by atoms with E-state index in [9.17, 15) is 4.79 Å². The molecule has 2 aliphatic heterocycles. The number of likely N-dealkylation sites (tertiary alicyclic amines) is 1. The van der Waals surface area contributed by atoms with Gasteiger partial charge in [-0.1, -0.05) is 0 Å². The number of amides is 2. The number of rotatable bonds is 2. The minimum Gasteiger partial charge on any atom is -0.381 e. The number of carbonyl (C=O) groups is 1. The molecule has 2 fully saturated rings. The predicted octanol–water partition coefficient (Wildman–Crippen LogP) is 2.50. The maximum absolute atomic E-state index is 12.4. The number of ether oxygens (including phenoxy) is 1. The fourth-order valence-corrected chi connectivity index (χ4v) is 3.27. The highest BCUT2D eigenvalue weighted by molar-refractivity contribution is 5.89. The molecule has 1 aromatic heterocycles. The molecule has 0 radical (unpaired) electrons. The minimum atomic E-state index is 0.00647. The van der Waals surface area contributed by atoms with Gasteiger partial charge >= 0.3 is 6.03 Å². The first-order valence-corrected chi connectivity index (χ1v) is 7.40. The topological polar surface area (TPSA) is 54.5 Å². The van der Waals surface area contributed by atoms with Crippen molar-refractivity contribution in [3.8, 4) is 0 Å². The molecule has 3 heterocycles. The molecule has 5 heteroatoms. The van der Waals surface area contributed by atoms with Gasteiger partial charge in [0.1, 0.15) is 0 Å². The number of hydrogen-bond donors (Lipinski definition) is 1. The lowest BCUT2D eigenvalue weighted by Crippen LogP contribution is -2.44. The van der Waals surface area contributed by atoms with E-state index in [1.165, 1.54) is 0 Å². The van der Waals surface area contributed by atoms with Crippen LogP contribution in [-0.2, 0) is 4.74 Å². The molecule has 1 unspecified atom stereocenters. The number of pyridine rings is 1. The van der Waals surface area contributed by atoms with Crippen LogP contribution in [0.5, 0.6) is 0 Å². The lowest BCUT2D eigenvalue weighted by atomic mass is 9.90. The predicted molar refractivity (Wildman–Crippen MR) is 76.5 cm³/mol. The quantitative estimate of drug-likeness (QED) is 0.902. The van der Waals surface area contributed by atoms with Crippen LogP contribution in [-0.4, -0.2) is 41.7 Å². The van der Waals surface area contributed by atoms with Gasteiger partial charge in [-0.25, -0.2) is 4.79 Å². The molecule has 5 nitrogen and oxygen atoms in total. The van der Waals surface area contributed by atoms with Gasteiger partial charge in [0.15, 0.2) is 0 Å². The van der Waals surface area contributed by atoms with Gasteiger partial charge in [-0.2, -0.15) is 0 Å². The third-order valence-corrected chi connectivity index (χ3v) is 4.28. The summed E-state index contributed by atoms with van der Waals surface area (Å²) in [6.07, 6.45) is 7.74. The number of anilines is 1. The normalized spacial score (nSPS) is 23.8.